The second-order valence-electron chi connectivity index (χ2n) is 11.4. The zero-order valence-electron chi connectivity index (χ0n) is 25.0. The maximum Gasteiger partial charge on any atom is 0.408 e. The number of benzene rings is 2. The quantitative estimate of drug-likeness (QED) is 0.230. The topological polar surface area (TPSA) is 143 Å². The average Bonchev–Trinajstić information content (AvgIpc) is 2.91. The second-order valence-corrected chi connectivity index (χ2v) is 11.4. The van der Waals surface area contributed by atoms with Gasteiger partial charge < -0.3 is 30.1 Å². The molecule has 0 radical (unpaired) electrons. The van der Waals surface area contributed by atoms with Crippen molar-refractivity contribution in [3.8, 4) is 5.75 Å². The molecule has 3 aromatic rings. The van der Waals surface area contributed by atoms with Gasteiger partial charge in [0.25, 0.3) is 0 Å². The number of rotatable bonds is 8. The second kappa shape index (κ2) is 12.6. The number of fused-ring (bicyclic) bond motifs is 1. The molecule has 11 nitrogen and oxygen atoms in total. The van der Waals surface area contributed by atoms with E-state index in [1.807, 2.05) is 26.8 Å². The summed E-state index contributed by atoms with van der Waals surface area (Å²) in [6.07, 6.45) is -0.888. The number of anilines is 3. The smallest absolute Gasteiger partial charge is 0.408 e. The van der Waals surface area contributed by atoms with E-state index in [-0.39, 0.29) is 17.6 Å². The van der Waals surface area contributed by atoms with Crippen molar-refractivity contribution in [1.29, 1.82) is 0 Å². The van der Waals surface area contributed by atoms with Gasteiger partial charge in [-0.25, -0.2) is 19.0 Å². The van der Waals surface area contributed by atoms with Gasteiger partial charge >= 0.3 is 18.0 Å². The van der Waals surface area contributed by atoms with Gasteiger partial charge in [0.05, 0.1) is 12.5 Å². The summed E-state index contributed by atoms with van der Waals surface area (Å²) >= 11 is 0. The zero-order chi connectivity index (χ0) is 31.5. The molecule has 1 aromatic heterocycles. The fraction of sp³-hybridized carbons (Fsp3) is 0.387. The first-order valence-electron chi connectivity index (χ1n) is 13.9. The molecule has 0 spiro atoms. The monoisotopic (exact) mass is 593 g/mol. The maximum atomic E-state index is 13.4. The molecule has 1 amide bonds. The third-order valence-corrected chi connectivity index (χ3v) is 6.97. The number of esters is 1. The number of hydrogen-bond donors (Lipinski definition) is 3. The van der Waals surface area contributed by atoms with Crippen LogP contribution in [-0.2, 0) is 20.7 Å². The predicted octanol–water partition coefficient (Wildman–Crippen LogP) is 5.37. The van der Waals surface area contributed by atoms with Crippen LogP contribution < -0.4 is 20.3 Å². The first-order valence-corrected chi connectivity index (χ1v) is 13.9. The number of nitrogens with zero attached hydrogens (tertiary/aromatic N) is 3. The fourth-order valence-corrected chi connectivity index (χ4v) is 4.76. The first kappa shape index (κ1) is 31.2. The highest BCUT2D eigenvalue weighted by Crippen LogP contribution is 2.37. The fourth-order valence-electron chi connectivity index (χ4n) is 4.76. The minimum Gasteiger partial charge on any atom is -0.481 e. The van der Waals surface area contributed by atoms with Gasteiger partial charge in [0.1, 0.15) is 29.0 Å². The molecule has 12 heteroatoms. The van der Waals surface area contributed by atoms with Crippen LogP contribution in [0.2, 0.25) is 0 Å². The maximum absolute atomic E-state index is 13.4. The van der Waals surface area contributed by atoms with Gasteiger partial charge in [-0.1, -0.05) is 6.07 Å². The van der Waals surface area contributed by atoms with E-state index in [0.29, 0.717) is 24.6 Å². The van der Waals surface area contributed by atoms with Crippen molar-refractivity contribution in [3.63, 3.8) is 0 Å². The van der Waals surface area contributed by atoms with Crippen LogP contribution in [0.4, 0.5) is 26.6 Å². The third kappa shape index (κ3) is 7.97. The van der Waals surface area contributed by atoms with Crippen molar-refractivity contribution in [1.82, 2.24) is 15.3 Å². The van der Waals surface area contributed by atoms with Gasteiger partial charge in [-0.3, -0.25) is 4.79 Å². The first-order chi connectivity index (χ1) is 20.2. The highest BCUT2D eigenvalue weighted by molar-refractivity contribution is 5.87. The number of aliphatic carboxylic acids is 1. The summed E-state index contributed by atoms with van der Waals surface area (Å²) in [5.74, 6) is -1.21. The molecule has 0 saturated heterocycles. The van der Waals surface area contributed by atoms with Crippen molar-refractivity contribution < 1.29 is 33.4 Å². The zero-order valence-corrected chi connectivity index (χ0v) is 25.0. The molecule has 228 valence electrons. The molecule has 2 atom stereocenters. The number of ether oxygens (including phenoxy) is 2. The van der Waals surface area contributed by atoms with Crippen molar-refractivity contribution in [3.05, 3.63) is 70.7 Å². The number of carboxylic acids is 1. The Balaban J connectivity index is 1.55. The molecule has 1 aliphatic heterocycles. The minimum absolute atomic E-state index is 0.163. The average molecular weight is 594 g/mol. The Hall–Kier alpha value is -4.74. The molecule has 1 aliphatic rings. The number of halogens is 1. The SMILES string of the molecule is Cc1nc(Nc2ccc(F)cc2)nc(N2CCc3ccc(OC(=O)C(CC(=O)O)NC(=O)OC(C)(C)C)cc3C2C)c1C. The van der Waals surface area contributed by atoms with E-state index in [2.05, 4.69) is 20.5 Å². The summed E-state index contributed by atoms with van der Waals surface area (Å²) in [6, 6.07) is 9.59. The summed E-state index contributed by atoms with van der Waals surface area (Å²) in [7, 11) is 0. The van der Waals surface area contributed by atoms with Crippen LogP contribution in [0.25, 0.3) is 0 Å². The lowest BCUT2D eigenvalue weighted by Gasteiger charge is -2.37. The standard InChI is InChI=1S/C31H36FN5O6/c1-17-18(2)33-29(34-22-10-8-21(32)9-11-22)36-27(17)37-14-13-20-7-12-23(15-24(20)19(37)3)42-28(40)25(16-26(38)39)35-30(41)43-31(4,5)6/h7-12,15,19,25H,13-14,16H2,1-6H3,(H,35,41)(H,38,39)(H,33,34,36). The predicted molar refractivity (Wildman–Crippen MR) is 158 cm³/mol. The third-order valence-electron chi connectivity index (χ3n) is 6.97. The van der Waals surface area contributed by atoms with E-state index in [1.54, 1.807) is 45.0 Å². The molecule has 2 unspecified atom stereocenters. The Morgan fingerprint density at radius 3 is 2.47 bits per heavy atom. The number of nitrogens with one attached hydrogen (secondary N) is 2. The Bertz CT molecular complexity index is 1520. The summed E-state index contributed by atoms with van der Waals surface area (Å²) in [5, 5.41) is 14.7. The Labute approximate surface area is 249 Å². The van der Waals surface area contributed by atoms with Gasteiger partial charge in [0.2, 0.25) is 5.95 Å². The highest BCUT2D eigenvalue weighted by Gasteiger charge is 2.30. The number of amides is 1. The van der Waals surface area contributed by atoms with Gasteiger partial charge in [0.15, 0.2) is 0 Å². The van der Waals surface area contributed by atoms with Crippen LogP contribution in [0.15, 0.2) is 42.5 Å². The summed E-state index contributed by atoms with van der Waals surface area (Å²) in [4.78, 5) is 48.1. The van der Waals surface area contributed by atoms with Crippen LogP contribution in [0.5, 0.6) is 5.75 Å². The summed E-state index contributed by atoms with van der Waals surface area (Å²) in [5.41, 5.74) is 3.51. The molecule has 2 aromatic carbocycles. The number of carbonyl (C=O) groups is 3. The molecule has 0 aliphatic carbocycles. The van der Waals surface area contributed by atoms with Gasteiger partial charge in [0, 0.05) is 23.5 Å². The van der Waals surface area contributed by atoms with Gasteiger partial charge in [-0.2, -0.15) is 4.98 Å². The minimum atomic E-state index is -1.45. The van der Waals surface area contributed by atoms with E-state index >= 15 is 0 Å². The molecule has 0 bridgehead atoms. The van der Waals surface area contributed by atoms with Crippen molar-refractivity contribution >= 4 is 35.5 Å². The van der Waals surface area contributed by atoms with Crippen LogP contribution in [0.1, 0.15) is 62.5 Å². The Morgan fingerprint density at radius 1 is 1.12 bits per heavy atom. The summed E-state index contributed by atoms with van der Waals surface area (Å²) in [6.45, 7) is 11.5. The molecule has 0 saturated carbocycles. The number of alkyl carbamates (subject to hydrolysis) is 1. The largest absolute Gasteiger partial charge is 0.481 e. The summed E-state index contributed by atoms with van der Waals surface area (Å²) < 4.78 is 24.1. The molecular formula is C31H36FN5O6. The number of carboxylic acid groups (broad SMARTS) is 1. The van der Waals surface area contributed by atoms with E-state index in [0.717, 1.165) is 28.2 Å². The highest BCUT2D eigenvalue weighted by atomic mass is 19.1. The number of aryl methyl sites for hydroxylation is 1. The Morgan fingerprint density at radius 2 is 1.81 bits per heavy atom. The Kier molecular flexibility index (Phi) is 9.17. The molecule has 4 rings (SSSR count). The van der Waals surface area contributed by atoms with E-state index < -0.39 is 36.1 Å². The van der Waals surface area contributed by atoms with E-state index in [9.17, 15) is 23.9 Å². The van der Waals surface area contributed by atoms with Crippen molar-refractivity contribution in [2.24, 2.45) is 0 Å². The number of hydrogen-bond acceptors (Lipinski definition) is 9. The molecule has 2 heterocycles. The molecule has 43 heavy (non-hydrogen) atoms. The van der Waals surface area contributed by atoms with Crippen molar-refractivity contribution in [2.75, 3.05) is 16.8 Å². The van der Waals surface area contributed by atoms with Crippen LogP contribution in [0.3, 0.4) is 0 Å². The van der Waals surface area contributed by atoms with Crippen LogP contribution in [-0.4, -0.2) is 51.3 Å². The molecular weight excluding hydrogens is 557 g/mol. The molecule has 3 N–H and O–H groups in total. The lowest BCUT2D eigenvalue weighted by Crippen LogP contribution is -2.46. The number of aromatic nitrogens is 2. The van der Waals surface area contributed by atoms with Crippen LogP contribution in [0, 0.1) is 19.7 Å². The lowest BCUT2D eigenvalue weighted by molar-refractivity contribution is -0.144. The molecule has 0 fully saturated rings. The van der Waals surface area contributed by atoms with Crippen molar-refractivity contribution in [2.45, 2.75) is 72.1 Å². The van der Waals surface area contributed by atoms with E-state index in [4.69, 9.17) is 14.5 Å². The van der Waals surface area contributed by atoms with Gasteiger partial charge in [-0.15, -0.1) is 0 Å². The van der Waals surface area contributed by atoms with E-state index in [1.165, 1.54) is 12.1 Å². The number of carbonyl (C=O) groups excluding carboxylic acids is 2. The lowest BCUT2D eigenvalue weighted by atomic mass is 9.93. The van der Waals surface area contributed by atoms with Crippen LogP contribution >= 0.6 is 0 Å². The normalized spacial score (nSPS) is 15.2. The van der Waals surface area contributed by atoms with Gasteiger partial charge in [-0.05, 0) is 95.5 Å².